The van der Waals surface area contributed by atoms with Crippen molar-refractivity contribution in [1.29, 1.82) is 0 Å². The number of aromatic nitrogens is 3. The Hall–Kier alpha value is -3.27. The molecule has 1 fully saturated rings. The summed E-state index contributed by atoms with van der Waals surface area (Å²) in [5.74, 6) is 0.433. The van der Waals surface area contributed by atoms with Crippen LogP contribution in [0.5, 0.6) is 0 Å². The molecule has 3 aromatic heterocycles. The van der Waals surface area contributed by atoms with E-state index in [9.17, 15) is 14.4 Å². The normalized spacial score (nSPS) is 13.9. The quantitative estimate of drug-likeness (QED) is 0.554. The topological polar surface area (TPSA) is 119 Å². The summed E-state index contributed by atoms with van der Waals surface area (Å²) in [6, 6.07) is 6.53. The predicted molar refractivity (Wildman–Crippen MR) is 116 cm³/mol. The number of furan rings is 1. The average molecular weight is 442 g/mol. The minimum atomic E-state index is -0.258. The fourth-order valence-electron chi connectivity index (χ4n) is 3.53. The number of carbonyl (C=O) groups excluding carboxylic acids is 2. The Morgan fingerprint density at radius 2 is 2.06 bits per heavy atom. The molecule has 0 spiro atoms. The lowest BCUT2D eigenvalue weighted by Gasteiger charge is -2.08. The molecule has 0 atom stereocenters. The minimum Gasteiger partial charge on any atom is -0.463 e. The molecule has 0 radical (unpaired) electrons. The summed E-state index contributed by atoms with van der Waals surface area (Å²) >= 11 is 1.31. The van der Waals surface area contributed by atoms with Crippen LogP contribution in [-0.2, 0) is 22.6 Å². The first-order chi connectivity index (χ1) is 15.1. The molecule has 10 heteroatoms. The first kappa shape index (κ1) is 21.0. The zero-order valence-corrected chi connectivity index (χ0v) is 17.7. The molecule has 1 saturated carbocycles. The van der Waals surface area contributed by atoms with Crippen molar-refractivity contribution in [3.8, 4) is 11.5 Å². The predicted octanol–water partition coefficient (Wildman–Crippen LogP) is 2.45. The van der Waals surface area contributed by atoms with Crippen molar-refractivity contribution in [3.63, 3.8) is 0 Å². The van der Waals surface area contributed by atoms with Crippen LogP contribution in [0, 0.1) is 5.92 Å². The van der Waals surface area contributed by atoms with Crippen molar-refractivity contribution in [2.24, 2.45) is 5.92 Å². The number of nitrogens with one attached hydrogen (secondary N) is 2. The summed E-state index contributed by atoms with van der Waals surface area (Å²) in [5, 5.41) is 12.2. The lowest BCUT2D eigenvalue weighted by Crippen LogP contribution is -2.32. The Balaban J connectivity index is 1.25. The van der Waals surface area contributed by atoms with E-state index in [1.165, 1.54) is 28.3 Å². The number of hydrogen-bond acceptors (Lipinski definition) is 7. The maximum Gasteiger partial charge on any atom is 0.266 e. The van der Waals surface area contributed by atoms with Gasteiger partial charge in [-0.25, -0.2) is 9.67 Å². The van der Waals surface area contributed by atoms with Gasteiger partial charge in [-0.3, -0.25) is 14.4 Å². The molecule has 0 aliphatic heterocycles. The molecule has 2 amide bonds. The Morgan fingerprint density at radius 1 is 1.23 bits per heavy atom. The van der Waals surface area contributed by atoms with Gasteiger partial charge in [-0.2, -0.15) is 5.10 Å². The van der Waals surface area contributed by atoms with E-state index in [4.69, 9.17) is 4.42 Å². The van der Waals surface area contributed by atoms with Crippen molar-refractivity contribution < 1.29 is 14.0 Å². The summed E-state index contributed by atoms with van der Waals surface area (Å²) < 4.78 is 6.59. The summed E-state index contributed by atoms with van der Waals surface area (Å²) in [6.45, 7) is 0.488. The van der Waals surface area contributed by atoms with Crippen molar-refractivity contribution in [3.05, 3.63) is 52.0 Å². The highest BCUT2D eigenvalue weighted by atomic mass is 32.1. The van der Waals surface area contributed by atoms with E-state index in [1.807, 2.05) is 0 Å². The van der Waals surface area contributed by atoms with Crippen LogP contribution in [0.4, 0.5) is 5.13 Å². The molecule has 1 aliphatic carbocycles. The smallest absolute Gasteiger partial charge is 0.266 e. The number of amides is 2. The third kappa shape index (κ3) is 5.46. The number of anilines is 1. The number of nitrogens with zero attached hydrogens (tertiary/aromatic N) is 3. The van der Waals surface area contributed by atoms with Gasteiger partial charge in [0.25, 0.3) is 5.56 Å². The molecule has 0 saturated heterocycles. The van der Waals surface area contributed by atoms with Crippen LogP contribution in [0.3, 0.4) is 0 Å². The monoisotopic (exact) mass is 441 g/mol. The highest BCUT2D eigenvalue weighted by Gasteiger charge is 2.23. The van der Waals surface area contributed by atoms with Gasteiger partial charge in [-0.15, -0.1) is 11.3 Å². The van der Waals surface area contributed by atoms with Gasteiger partial charge >= 0.3 is 0 Å². The molecule has 2 N–H and O–H groups in total. The first-order valence-electron chi connectivity index (χ1n) is 10.2. The average Bonchev–Trinajstić information content (AvgIpc) is 3.52. The molecular formula is C21H23N5O4S. The summed E-state index contributed by atoms with van der Waals surface area (Å²) in [6.07, 6.45) is 5.68. The van der Waals surface area contributed by atoms with E-state index >= 15 is 0 Å². The fourth-order valence-corrected chi connectivity index (χ4v) is 4.25. The van der Waals surface area contributed by atoms with Crippen molar-refractivity contribution >= 4 is 28.3 Å². The van der Waals surface area contributed by atoms with Gasteiger partial charge in [0.15, 0.2) is 10.9 Å². The second-order valence-corrected chi connectivity index (χ2v) is 8.26. The molecule has 31 heavy (non-hydrogen) atoms. The van der Waals surface area contributed by atoms with Crippen molar-refractivity contribution in [2.45, 2.75) is 38.6 Å². The van der Waals surface area contributed by atoms with Gasteiger partial charge in [0.1, 0.15) is 5.69 Å². The van der Waals surface area contributed by atoms with Crippen LogP contribution in [0.25, 0.3) is 11.5 Å². The summed E-state index contributed by atoms with van der Waals surface area (Å²) in [7, 11) is 0. The molecule has 1 aliphatic rings. The largest absolute Gasteiger partial charge is 0.463 e. The molecule has 9 nitrogen and oxygen atoms in total. The van der Waals surface area contributed by atoms with E-state index in [0.717, 1.165) is 25.7 Å². The Bertz CT molecular complexity index is 1100. The zero-order valence-electron chi connectivity index (χ0n) is 16.9. The van der Waals surface area contributed by atoms with Crippen LogP contribution >= 0.6 is 11.3 Å². The molecule has 3 heterocycles. The maximum atomic E-state index is 12.2. The second-order valence-electron chi connectivity index (χ2n) is 7.40. The van der Waals surface area contributed by atoms with E-state index in [-0.39, 0.29) is 42.8 Å². The van der Waals surface area contributed by atoms with Crippen LogP contribution < -0.4 is 16.2 Å². The fraction of sp³-hybridized carbons (Fsp3) is 0.381. The molecule has 0 bridgehead atoms. The minimum absolute atomic E-state index is 0.0116. The van der Waals surface area contributed by atoms with Gasteiger partial charge in [0.05, 0.1) is 24.9 Å². The highest BCUT2D eigenvalue weighted by Crippen LogP contribution is 2.26. The second kappa shape index (κ2) is 9.69. The Labute approximate surface area is 182 Å². The molecule has 162 valence electrons. The van der Waals surface area contributed by atoms with E-state index in [2.05, 4.69) is 20.7 Å². The number of rotatable bonds is 8. The van der Waals surface area contributed by atoms with Gasteiger partial charge in [0, 0.05) is 23.9 Å². The third-order valence-electron chi connectivity index (χ3n) is 5.14. The third-order valence-corrected chi connectivity index (χ3v) is 5.94. The van der Waals surface area contributed by atoms with Crippen molar-refractivity contribution in [2.75, 3.05) is 11.9 Å². The molecule has 3 aromatic rings. The molecule has 0 unspecified atom stereocenters. The number of hydrogen-bond donors (Lipinski definition) is 2. The first-order valence-corrected chi connectivity index (χ1v) is 11.1. The number of carbonyl (C=O) groups is 2. The standard InChI is InChI=1S/C21H23N5O4S/c27-18(12-15-13-31-21(23-15)24-20(29)14-4-1-2-5-14)22-9-10-26-19(28)8-7-16(25-26)17-6-3-11-30-17/h3,6-8,11,13-14H,1-2,4-5,9-10,12H2,(H,22,27)(H,23,24,29). The van der Waals surface area contributed by atoms with Crippen molar-refractivity contribution in [1.82, 2.24) is 20.1 Å². The lowest BCUT2D eigenvalue weighted by atomic mass is 10.1. The van der Waals surface area contributed by atoms with Gasteiger partial charge in [0.2, 0.25) is 11.8 Å². The zero-order chi connectivity index (χ0) is 21.6. The Morgan fingerprint density at radius 3 is 2.84 bits per heavy atom. The molecule has 0 aromatic carbocycles. The van der Waals surface area contributed by atoms with E-state index in [0.29, 0.717) is 22.3 Å². The van der Waals surface area contributed by atoms with E-state index in [1.54, 1.807) is 23.6 Å². The molecular weight excluding hydrogens is 418 g/mol. The van der Waals surface area contributed by atoms with Gasteiger partial charge < -0.3 is 15.1 Å². The van der Waals surface area contributed by atoms with Gasteiger partial charge in [-0.1, -0.05) is 12.8 Å². The Kier molecular flexibility index (Phi) is 6.56. The summed E-state index contributed by atoms with van der Waals surface area (Å²) in [5.41, 5.74) is 0.886. The van der Waals surface area contributed by atoms with Crippen LogP contribution in [-0.4, -0.2) is 33.1 Å². The van der Waals surface area contributed by atoms with Crippen LogP contribution in [0.15, 0.2) is 45.1 Å². The van der Waals surface area contributed by atoms with Crippen LogP contribution in [0.2, 0.25) is 0 Å². The van der Waals surface area contributed by atoms with Crippen LogP contribution in [0.1, 0.15) is 31.4 Å². The number of thiazole rings is 1. The highest BCUT2D eigenvalue weighted by molar-refractivity contribution is 7.13. The maximum absolute atomic E-state index is 12.2. The lowest BCUT2D eigenvalue weighted by molar-refractivity contribution is -0.120. The molecule has 4 rings (SSSR count). The summed E-state index contributed by atoms with van der Waals surface area (Å²) in [4.78, 5) is 40.7. The SMILES string of the molecule is O=C(Cc1csc(NC(=O)C2CCCC2)n1)NCCn1nc(-c2ccco2)ccc1=O. The van der Waals surface area contributed by atoms with Gasteiger partial charge in [-0.05, 0) is 31.0 Å². The van der Waals surface area contributed by atoms with E-state index < -0.39 is 0 Å².